The summed E-state index contributed by atoms with van der Waals surface area (Å²) in [5.41, 5.74) is 5.71. The molecule has 2 aromatic rings. The van der Waals surface area contributed by atoms with Crippen LogP contribution < -0.4 is 0 Å². The van der Waals surface area contributed by atoms with Crippen LogP contribution in [0.3, 0.4) is 0 Å². The zero-order valence-electron chi connectivity index (χ0n) is 10.2. The van der Waals surface area contributed by atoms with Gasteiger partial charge < -0.3 is 0 Å². The largest absolute Gasteiger partial charge is 0.141 e. The molecule has 1 heteroatoms. The molecule has 17 heavy (non-hydrogen) atoms. The van der Waals surface area contributed by atoms with Crippen LogP contribution in [-0.4, -0.2) is 0 Å². The minimum Gasteiger partial charge on any atom is -0.141 e. The van der Waals surface area contributed by atoms with Crippen molar-refractivity contribution in [2.45, 2.75) is 24.3 Å². The van der Waals surface area contributed by atoms with E-state index in [4.69, 9.17) is 0 Å². The molecule has 0 fully saturated rings. The third-order valence-electron chi connectivity index (χ3n) is 3.65. The van der Waals surface area contributed by atoms with E-state index >= 15 is 0 Å². The van der Waals surface area contributed by atoms with Crippen LogP contribution in [0.4, 0.5) is 0 Å². The molecule has 1 aliphatic heterocycles. The van der Waals surface area contributed by atoms with Crippen LogP contribution in [0.2, 0.25) is 0 Å². The Hall–Kier alpha value is -1.21. The Kier molecular flexibility index (Phi) is 2.52. The topological polar surface area (TPSA) is 0 Å². The van der Waals surface area contributed by atoms with Gasteiger partial charge in [-0.15, -0.1) is 11.8 Å². The predicted octanol–water partition coefficient (Wildman–Crippen LogP) is 4.51. The summed E-state index contributed by atoms with van der Waals surface area (Å²) >= 11 is 2.03. The second-order valence-corrected chi connectivity index (χ2v) is 6.24. The lowest BCUT2D eigenvalue weighted by Gasteiger charge is -2.25. The Labute approximate surface area is 107 Å². The lowest BCUT2D eigenvalue weighted by molar-refractivity contribution is 0.849. The van der Waals surface area contributed by atoms with Crippen molar-refractivity contribution in [1.82, 2.24) is 0 Å². The molecule has 0 radical (unpaired) electrons. The zero-order chi connectivity index (χ0) is 11.9. The number of aryl methyl sites for hydroxylation is 1. The molecule has 1 aliphatic rings. The van der Waals surface area contributed by atoms with E-state index in [9.17, 15) is 0 Å². The number of rotatable bonds is 1. The minimum absolute atomic E-state index is 0.129. The third-order valence-corrected chi connectivity index (χ3v) is 5.14. The summed E-state index contributed by atoms with van der Waals surface area (Å²) in [6.07, 6.45) is 0. The Balaban J connectivity index is 2.12. The number of fused-ring (bicyclic) bond motifs is 1. The molecule has 0 bridgehead atoms. The van der Waals surface area contributed by atoms with Gasteiger partial charge in [0.15, 0.2) is 0 Å². The Morgan fingerprint density at radius 3 is 2.47 bits per heavy atom. The summed E-state index contributed by atoms with van der Waals surface area (Å²) in [4.78, 5) is 0. The van der Waals surface area contributed by atoms with Gasteiger partial charge in [-0.2, -0.15) is 0 Å². The molecular weight excluding hydrogens is 224 g/mol. The summed E-state index contributed by atoms with van der Waals surface area (Å²) < 4.78 is 0.129. The first kappa shape index (κ1) is 10.9. The van der Waals surface area contributed by atoms with Gasteiger partial charge in [0.1, 0.15) is 0 Å². The molecule has 0 aromatic heterocycles. The van der Waals surface area contributed by atoms with E-state index in [0.717, 1.165) is 5.75 Å². The van der Waals surface area contributed by atoms with Gasteiger partial charge >= 0.3 is 0 Å². The van der Waals surface area contributed by atoms with Gasteiger partial charge in [0.05, 0.1) is 4.75 Å². The fourth-order valence-electron chi connectivity index (χ4n) is 2.52. The van der Waals surface area contributed by atoms with Crippen molar-refractivity contribution in [3.63, 3.8) is 0 Å². The molecule has 2 aromatic carbocycles. The van der Waals surface area contributed by atoms with Gasteiger partial charge in [-0.05, 0) is 30.5 Å². The maximum Gasteiger partial charge on any atom is 0.0635 e. The molecule has 0 amide bonds. The molecule has 1 heterocycles. The van der Waals surface area contributed by atoms with Gasteiger partial charge in [0.2, 0.25) is 0 Å². The van der Waals surface area contributed by atoms with Crippen LogP contribution in [0.1, 0.15) is 29.2 Å². The van der Waals surface area contributed by atoms with Crippen molar-refractivity contribution in [2.75, 3.05) is 0 Å². The highest BCUT2D eigenvalue weighted by atomic mass is 32.2. The second-order valence-electron chi connectivity index (χ2n) is 4.85. The fourth-order valence-corrected chi connectivity index (χ4v) is 3.88. The molecule has 1 unspecified atom stereocenters. The van der Waals surface area contributed by atoms with E-state index < -0.39 is 0 Å². The first-order chi connectivity index (χ1) is 8.20. The summed E-state index contributed by atoms with van der Waals surface area (Å²) in [6.45, 7) is 4.48. The molecule has 0 saturated heterocycles. The third kappa shape index (κ3) is 1.69. The van der Waals surface area contributed by atoms with Gasteiger partial charge in [0.25, 0.3) is 0 Å². The molecule has 0 N–H and O–H groups in total. The van der Waals surface area contributed by atoms with Crippen LogP contribution in [0.15, 0.2) is 48.5 Å². The van der Waals surface area contributed by atoms with Crippen molar-refractivity contribution in [3.8, 4) is 0 Å². The monoisotopic (exact) mass is 240 g/mol. The smallest absolute Gasteiger partial charge is 0.0635 e. The molecule has 0 aliphatic carbocycles. The summed E-state index contributed by atoms with van der Waals surface area (Å²) in [5, 5.41) is 0. The van der Waals surface area contributed by atoms with Crippen LogP contribution in [-0.2, 0) is 10.5 Å². The molecule has 0 spiro atoms. The number of thioether (sulfide) groups is 1. The number of hydrogen-bond acceptors (Lipinski definition) is 1. The van der Waals surface area contributed by atoms with Gasteiger partial charge in [-0.25, -0.2) is 0 Å². The van der Waals surface area contributed by atoms with E-state index in [1.54, 1.807) is 0 Å². The highest BCUT2D eigenvalue weighted by Crippen LogP contribution is 2.50. The maximum absolute atomic E-state index is 2.34. The van der Waals surface area contributed by atoms with Crippen molar-refractivity contribution >= 4 is 11.8 Å². The van der Waals surface area contributed by atoms with E-state index in [1.807, 2.05) is 11.8 Å². The van der Waals surface area contributed by atoms with Gasteiger partial charge in [-0.3, -0.25) is 0 Å². The maximum atomic E-state index is 2.34. The van der Waals surface area contributed by atoms with Crippen molar-refractivity contribution in [3.05, 3.63) is 70.8 Å². The first-order valence-electron chi connectivity index (χ1n) is 6.00. The number of benzene rings is 2. The van der Waals surface area contributed by atoms with Crippen LogP contribution >= 0.6 is 11.8 Å². The van der Waals surface area contributed by atoms with Gasteiger partial charge in [0, 0.05) is 5.75 Å². The second kappa shape index (κ2) is 3.92. The lowest BCUT2D eigenvalue weighted by atomic mass is 9.89. The molecule has 0 saturated carbocycles. The van der Waals surface area contributed by atoms with E-state index in [-0.39, 0.29) is 4.75 Å². The average molecular weight is 240 g/mol. The number of hydrogen-bond donors (Lipinski definition) is 0. The normalized spacial score (nSPS) is 22.5. The predicted molar refractivity (Wildman–Crippen MR) is 75.4 cm³/mol. The van der Waals surface area contributed by atoms with Crippen LogP contribution in [0.25, 0.3) is 0 Å². The Bertz CT molecular complexity index is 542. The van der Waals surface area contributed by atoms with Crippen molar-refractivity contribution in [2.24, 2.45) is 0 Å². The summed E-state index contributed by atoms with van der Waals surface area (Å²) in [7, 11) is 0. The average Bonchev–Trinajstić information content (AvgIpc) is 2.70. The summed E-state index contributed by atoms with van der Waals surface area (Å²) in [5.74, 6) is 1.13. The van der Waals surface area contributed by atoms with Crippen LogP contribution in [0.5, 0.6) is 0 Å². The summed E-state index contributed by atoms with van der Waals surface area (Å²) in [6, 6.07) is 17.8. The Morgan fingerprint density at radius 1 is 1.00 bits per heavy atom. The standard InChI is InChI=1S/C16H16S/c1-12-7-9-14(10-8-12)16(2)15-6-4-3-5-13(15)11-17-16/h3-10H,11H2,1-2H3. The fraction of sp³-hybridized carbons (Fsp3) is 0.250. The lowest BCUT2D eigenvalue weighted by Crippen LogP contribution is -2.15. The molecule has 3 rings (SSSR count). The van der Waals surface area contributed by atoms with Crippen molar-refractivity contribution in [1.29, 1.82) is 0 Å². The van der Waals surface area contributed by atoms with E-state index in [0.29, 0.717) is 0 Å². The quantitative estimate of drug-likeness (QED) is 0.707. The SMILES string of the molecule is Cc1ccc(C2(C)SCc3ccccc32)cc1. The Morgan fingerprint density at radius 2 is 1.71 bits per heavy atom. The highest BCUT2D eigenvalue weighted by Gasteiger charge is 2.36. The first-order valence-corrected chi connectivity index (χ1v) is 6.98. The molecule has 86 valence electrons. The highest BCUT2D eigenvalue weighted by molar-refractivity contribution is 8.00. The molecule has 0 nitrogen and oxygen atoms in total. The molecule has 1 atom stereocenters. The van der Waals surface area contributed by atoms with E-state index in [1.165, 1.54) is 22.3 Å². The van der Waals surface area contributed by atoms with Crippen LogP contribution in [0, 0.1) is 6.92 Å². The zero-order valence-corrected chi connectivity index (χ0v) is 11.1. The minimum atomic E-state index is 0.129. The molecular formula is C16H16S. The van der Waals surface area contributed by atoms with Gasteiger partial charge in [-0.1, -0.05) is 54.1 Å². The van der Waals surface area contributed by atoms with E-state index in [2.05, 4.69) is 62.4 Å². The van der Waals surface area contributed by atoms with Crippen molar-refractivity contribution < 1.29 is 0 Å².